The van der Waals surface area contributed by atoms with Crippen LogP contribution in [0.25, 0.3) is 0 Å². The maximum absolute atomic E-state index is 13.7. The molecule has 0 spiro atoms. The van der Waals surface area contributed by atoms with Crippen LogP contribution in [0.3, 0.4) is 0 Å². The summed E-state index contributed by atoms with van der Waals surface area (Å²) in [5, 5.41) is 3.05. The molecule has 0 saturated heterocycles. The largest absolute Gasteiger partial charge is 0.492 e. The van der Waals surface area contributed by atoms with Gasteiger partial charge in [-0.05, 0) is 56.5 Å². The maximum Gasteiger partial charge on any atom is 0.244 e. The molecule has 2 aromatic rings. The SMILES string of the molecule is CCOc1ccccc1N(CC(=O)N(Cc1ccc(F)cc1)[C@H](C)C(=O)NC1CCCCC1)S(C)(=O)=O. The molecule has 10 heteroatoms. The summed E-state index contributed by atoms with van der Waals surface area (Å²) < 4.78 is 45.7. The number of nitrogens with zero attached hydrogens (tertiary/aromatic N) is 2. The third-order valence-electron chi connectivity index (χ3n) is 6.50. The molecule has 1 fully saturated rings. The second-order valence-electron chi connectivity index (χ2n) is 9.34. The first-order valence-electron chi connectivity index (χ1n) is 12.6. The minimum absolute atomic E-state index is 0.0169. The minimum atomic E-state index is -3.88. The third-order valence-corrected chi connectivity index (χ3v) is 7.62. The van der Waals surface area contributed by atoms with Crippen LogP contribution in [0.15, 0.2) is 48.5 Å². The zero-order valence-corrected chi connectivity index (χ0v) is 22.5. The summed E-state index contributed by atoms with van der Waals surface area (Å²) in [6.07, 6.45) is 6.02. The van der Waals surface area contributed by atoms with Gasteiger partial charge >= 0.3 is 0 Å². The van der Waals surface area contributed by atoms with E-state index < -0.39 is 34.3 Å². The Hall–Kier alpha value is -3.14. The molecule has 37 heavy (non-hydrogen) atoms. The molecule has 0 radical (unpaired) electrons. The van der Waals surface area contributed by atoms with Crippen molar-refractivity contribution in [2.45, 2.75) is 64.6 Å². The molecule has 8 nitrogen and oxygen atoms in total. The van der Waals surface area contributed by atoms with Crippen LogP contribution in [0.4, 0.5) is 10.1 Å². The van der Waals surface area contributed by atoms with Crippen LogP contribution in [-0.4, -0.2) is 56.6 Å². The first kappa shape index (κ1) is 28.4. The van der Waals surface area contributed by atoms with Gasteiger partial charge in [0.15, 0.2) is 0 Å². The van der Waals surface area contributed by atoms with E-state index in [1.807, 2.05) is 0 Å². The highest BCUT2D eigenvalue weighted by Gasteiger charge is 2.32. The predicted molar refractivity (Wildman–Crippen MR) is 141 cm³/mol. The van der Waals surface area contributed by atoms with E-state index >= 15 is 0 Å². The van der Waals surface area contributed by atoms with E-state index in [0.29, 0.717) is 17.9 Å². The number of benzene rings is 2. The number of carbonyl (C=O) groups excluding carboxylic acids is 2. The molecule has 2 aromatic carbocycles. The van der Waals surface area contributed by atoms with Crippen LogP contribution in [0.1, 0.15) is 51.5 Å². The number of rotatable bonds is 11. The molecule has 1 atom stereocenters. The zero-order valence-electron chi connectivity index (χ0n) is 21.7. The molecule has 1 saturated carbocycles. The van der Waals surface area contributed by atoms with Crippen LogP contribution in [0.2, 0.25) is 0 Å². The molecule has 0 bridgehead atoms. The van der Waals surface area contributed by atoms with Crippen LogP contribution in [0.5, 0.6) is 5.75 Å². The van der Waals surface area contributed by atoms with E-state index in [9.17, 15) is 22.4 Å². The average Bonchev–Trinajstić information content (AvgIpc) is 2.87. The number of amides is 2. The molecule has 2 amide bonds. The van der Waals surface area contributed by atoms with E-state index in [1.165, 1.54) is 17.0 Å². The number of sulfonamides is 1. The summed E-state index contributed by atoms with van der Waals surface area (Å²) in [6.45, 7) is 3.22. The molecule has 0 heterocycles. The number of anilines is 1. The fourth-order valence-electron chi connectivity index (χ4n) is 4.47. The van der Waals surface area contributed by atoms with E-state index in [2.05, 4.69) is 5.32 Å². The van der Waals surface area contributed by atoms with Gasteiger partial charge in [0.05, 0.1) is 18.6 Å². The highest BCUT2D eigenvalue weighted by molar-refractivity contribution is 7.92. The third kappa shape index (κ3) is 7.92. The molecule has 1 aliphatic rings. The lowest BCUT2D eigenvalue weighted by Gasteiger charge is -2.33. The average molecular weight is 534 g/mol. The monoisotopic (exact) mass is 533 g/mol. The number of halogens is 1. The minimum Gasteiger partial charge on any atom is -0.492 e. The normalized spacial score (nSPS) is 15.0. The first-order valence-corrected chi connectivity index (χ1v) is 14.5. The van der Waals surface area contributed by atoms with Crippen LogP contribution in [-0.2, 0) is 26.2 Å². The van der Waals surface area contributed by atoms with Crippen molar-refractivity contribution in [1.29, 1.82) is 0 Å². The Labute approximate surface area is 218 Å². The van der Waals surface area contributed by atoms with Gasteiger partial charge in [-0.3, -0.25) is 13.9 Å². The number of nitrogens with one attached hydrogen (secondary N) is 1. The lowest BCUT2D eigenvalue weighted by Crippen LogP contribution is -2.53. The second-order valence-corrected chi connectivity index (χ2v) is 11.2. The summed E-state index contributed by atoms with van der Waals surface area (Å²) in [6, 6.07) is 11.4. The van der Waals surface area contributed by atoms with Crippen LogP contribution >= 0.6 is 0 Å². The van der Waals surface area contributed by atoms with Crippen molar-refractivity contribution in [1.82, 2.24) is 10.2 Å². The summed E-state index contributed by atoms with van der Waals surface area (Å²) in [7, 11) is -3.88. The Morgan fingerprint density at radius 1 is 1.08 bits per heavy atom. The molecular formula is C27H36FN3O5S. The van der Waals surface area contributed by atoms with Gasteiger partial charge in [-0.25, -0.2) is 12.8 Å². The summed E-state index contributed by atoms with van der Waals surface area (Å²) in [5.74, 6) is -0.952. The Morgan fingerprint density at radius 3 is 2.35 bits per heavy atom. The van der Waals surface area contributed by atoms with Crippen LogP contribution in [0, 0.1) is 5.82 Å². The number of hydrogen-bond acceptors (Lipinski definition) is 5. The molecule has 0 unspecified atom stereocenters. The Kier molecular flexibility index (Phi) is 9.91. The van der Waals surface area contributed by atoms with Crippen molar-refractivity contribution < 1.29 is 27.1 Å². The highest BCUT2D eigenvalue weighted by Crippen LogP contribution is 2.30. The molecule has 202 valence electrons. The molecule has 0 aromatic heterocycles. The van der Waals surface area contributed by atoms with Crippen molar-refractivity contribution >= 4 is 27.5 Å². The zero-order chi connectivity index (χ0) is 27.0. The van der Waals surface area contributed by atoms with Gasteiger partial charge in [0.1, 0.15) is 24.2 Å². The smallest absolute Gasteiger partial charge is 0.244 e. The number of para-hydroxylation sites is 2. The van der Waals surface area contributed by atoms with E-state index in [-0.39, 0.29) is 24.2 Å². The summed E-state index contributed by atoms with van der Waals surface area (Å²) >= 11 is 0. The van der Waals surface area contributed by atoms with Crippen LogP contribution < -0.4 is 14.4 Å². The van der Waals surface area contributed by atoms with Gasteiger partial charge in [-0.1, -0.05) is 43.5 Å². The second kappa shape index (κ2) is 12.9. The summed E-state index contributed by atoms with van der Waals surface area (Å²) in [4.78, 5) is 28.2. The van der Waals surface area contributed by atoms with Crippen molar-refractivity contribution in [3.8, 4) is 5.75 Å². The van der Waals surface area contributed by atoms with Gasteiger partial charge in [0.2, 0.25) is 21.8 Å². The standard InChI is InChI=1S/C27H36FN3O5S/c1-4-36-25-13-9-8-12-24(25)31(37(3,34)35)19-26(32)30(18-21-14-16-22(28)17-15-21)20(2)27(33)29-23-10-6-5-7-11-23/h8-9,12-17,20,23H,4-7,10-11,18-19H2,1-3H3,(H,29,33)/t20-/m1/s1. The van der Waals surface area contributed by atoms with E-state index in [4.69, 9.17) is 4.74 Å². The number of ether oxygens (including phenoxy) is 1. The Bertz CT molecular complexity index is 1170. The highest BCUT2D eigenvalue weighted by atomic mass is 32.2. The lowest BCUT2D eigenvalue weighted by molar-refractivity contribution is -0.139. The molecule has 1 N–H and O–H groups in total. The molecule has 3 rings (SSSR count). The van der Waals surface area contributed by atoms with Crippen molar-refractivity contribution in [2.24, 2.45) is 0 Å². The number of hydrogen-bond donors (Lipinski definition) is 1. The van der Waals surface area contributed by atoms with Gasteiger partial charge < -0.3 is 15.0 Å². The lowest BCUT2D eigenvalue weighted by atomic mass is 9.95. The number of carbonyl (C=O) groups is 2. The van der Waals surface area contributed by atoms with Gasteiger partial charge in [0, 0.05) is 12.6 Å². The fraction of sp³-hybridized carbons (Fsp3) is 0.481. The topological polar surface area (TPSA) is 96.0 Å². The van der Waals surface area contributed by atoms with E-state index in [0.717, 1.165) is 42.7 Å². The van der Waals surface area contributed by atoms with Gasteiger partial charge in [0.25, 0.3) is 0 Å². The maximum atomic E-state index is 13.7. The molecule has 1 aliphatic carbocycles. The quantitative estimate of drug-likeness (QED) is 0.473. The van der Waals surface area contributed by atoms with E-state index in [1.54, 1.807) is 50.2 Å². The molecular weight excluding hydrogens is 497 g/mol. The van der Waals surface area contributed by atoms with Gasteiger partial charge in [-0.2, -0.15) is 0 Å². The van der Waals surface area contributed by atoms with Gasteiger partial charge in [-0.15, -0.1) is 0 Å². The summed E-state index contributed by atoms with van der Waals surface area (Å²) in [5.41, 5.74) is 0.855. The van der Waals surface area contributed by atoms with Crippen molar-refractivity contribution in [3.63, 3.8) is 0 Å². The fourth-order valence-corrected chi connectivity index (χ4v) is 5.33. The van der Waals surface area contributed by atoms with Crippen molar-refractivity contribution in [3.05, 3.63) is 59.9 Å². The molecule has 0 aliphatic heterocycles. The first-order chi connectivity index (χ1) is 17.6. The Balaban J connectivity index is 1.89. The Morgan fingerprint density at radius 2 is 1.73 bits per heavy atom. The predicted octanol–water partition coefficient (Wildman–Crippen LogP) is 3.86. The van der Waals surface area contributed by atoms with Crippen molar-refractivity contribution in [2.75, 3.05) is 23.7 Å².